The summed E-state index contributed by atoms with van der Waals surface area (Å²) in [5.41, 5.74) is 2.46. The van der Waals surface area contributed by atoms with E-state index in [2.05, 4.69) is 10.3 Å². The molecule has 1 aromatic heterocycles. The molecule has 3 rings (SSSR count). The fraction of sp³-hybridized carbons (Fsp3) is 0.238. The molecule has 0 spiro atoms. The van der Waals surface area contributed by atoms with E-state index in [0.717, 1.165) is 16.5 Å². The number of aryl methyl sites for hydroxylation is 1. The molecule has 0 aliphatic carbocycles. The highest BCUT2D eigenvalue weighted by Crippen LogP contribution is 2.13. The van der Waals surface area contributed by atoms with Gasteiger partial charge >= 0.3 is 0 Å². The molecule has 26 heavy (non-hydrogen) atoms. The predicted octanol–water partition coefficient (Wildman–Crippen LogP) is 2.96. The van der Waals surface area contributed by atoms with Crippen LogP contribution in [0.15, 0.2) is 59.4 Å². The Hall–Kier alpha value is -3.08. The number of hydrogen-bond acceptors (Lipinski definition) is 3. The SMILES string of the molecule is Cc1ccc2cc(CCNC(=O)[C@@H](C)Oc3ccccc3)c(=O)[nH]c2c1. The van der Waals surface area contributed by atoms with Crippen LogP contribution in [0, 0.1) is 6.92 Å². The van der Waals surface area contributed by atoms with Gasteiger partial charge in [-0.05, 0) is 55.5 Å². The van der Waals surface area contributed by atoms with E-state index in [1.165, 1.54) is 0 Å². The van der Waals surface area contributed by atoms with Crippen molar-refractivity contribution < 1.29 is 9.53 Å². The molecule has 1 atom stereocenters. The number of carbonyl (C=O) groups excluding carboxylic acids is 1. The van der Waals surface area contributed by atoms with Crippen LogP contribution < -0.4 is 15.6 Å². The number of aromatic nitrogens is 1. The Balaban J connectivity index is 1.58. The maximum absolute atomic E-state index is 12.2. The smallest absolute Gasteiger partial charge is 0.260 e. The van der Waals surface area contributed by atoms with E-state index in [1.807, 2.05) is 49.4 Å². The number of hydrogen-bond donors (Lipinski definition) is 2. The number of ether oxygens (including phenoxy) is 1. The number of fused-ring (bicyclic) bond motifs is 1. The number of aromatic amines is 1. The van der Waals surface area contributed by atoms with E-state index in [1.54, 1.807) is 19.1 Å². The molecule has 1 amide bonds. The number of para-hydroxylation sites is 1. The average Bonchev–Trinajstić information content (AvgIpc) is 2.63. The molecular weight excluding hydrogens is 328 g/mol. The minimum Gasteiger partial charge on any atom is -0.481 e. The first-order chi connectivity index (χ1) is 12.5. The summed E-state index contributed by atoms with van der Waals surface area (Å²) in [5.74, 6) is 0.443. The average molecular weight is 350 g/mol. The molecule has 0 aliphatic heterocycles. The van der Waals surface area contributed by atoms with E-state index in [0.29, 0.717) is 24.3 Å². The third-order valence-corrected chi connectivity index (χ3v) is 4.20. The third-order valence-electron chi connectivity index (χ3n) is 4.20. The van der Waals surface area contributed by atoms with Crippen molar-refractivity contribution in [1.82, 2.24) is 10.3 Å². The summed E-state index contributed by atoms with van der Waals surface area (Å²) in [7, 11) is 0. The second-order valence-electron chi connectivity index (χ2n) is 6.33. The van der Waals surface area contributed by atoms with Crippen molar-refractivity contribution in [1.29, 1.82) is 0 Å². The van der Waals surface area contributed by atoms with Crippen molar-refractivity contribution >= 4 is 16.8 Å². The molecule has 0 saturated carbocycles. The fourth-order valence-corrected chi connectivity index (χ4v) is 2.77. The van der Waals surface area contributed by atoms with Crippen LogP contribution in [0.1, 0.15) is 18.1 Å². The molecule has 3 aromatic rings. The number of benzene rings is 2. The van der Waals surface area contributed by atoms with Crippen molar-refractivity contribution in [3.8, 4) is 5.75 Å². The van der Waals surface area contributed by atoms with Gasteiger partial charge in [0.25, 0.3) is 11.5 Å². The maximum Gasteiger partial charge on any atom is 0.260 e. The molecule has 0 saturated heterocycles. The number of pyridine rings is 1. The largest absolute Gasteiger partial charge is 0.481 e. The lowest BCUT2D eigenvalue weighted by Gasteiger charge is -2.14. The van der Waals surface area contributed by atoms with Gasteiger partial charge in [-0.1, -0.05) is 30.3 Å². The zero-order valence-electron chi connectivity index (χ0n) is 14.9. The Morgan fingerprint density at radius 1 is 1.15 bits per heavy atom. The van der Waals surface area contributed by atoms with Crippen molar-refractivity contribution in [3.05, 3.63) is 76.1 Å². The molecule has 2 N–H and O–H groups in total. The Morgan fingerprint density at radius 3 is 2.69 bits per heavy atom. The zero-order chi connectivity index (χ0) is 18.5. The fourth-order valence-electron chi connectivity index (χ4n) is 2.77. The van der Waals surface area contributed by atoms with Crippen molar-refractivity contribution in [3.63, 3.8) is 0 Å². The highest BCUT2D eigenvalue weighted by Gasteiger charge is 2.14. The van der Waals surface area contributed by atoms with Gasteiger partial charge in [-0.25, -0.2) is 0 Å². The normalized spacial score (nSPS) is 11.9. The highest BCUT2D eigenvalue weighted by atomic mass is 16.5. The van der Waals surface area contributed by atoms with Crippen LogP contribution in [-0.4, -0.2) is 23.5 Å². The lowest BCUT2D eigenvalue weighted by atomic mass is 10.1. The Bertz CT molecular complexity index is 964. The van der Waals surface area contributed by atoms with Crippen molar-refractivity contribution in [2.45, 2.75) is 26.4 Å². The molecule has 0 bridgehead atoms. The van der Waals surface area contributed by atoms with Gasteiger partial charge < -0.3 is 15.0 Å². The van der Waals surface area contributed by atoms with Gasteiger partial charge in [0.1, 0.15) is 5.75 Å². The van der Waals surface area contributed by atoms with Gasteiger partial charge in [-0.15, -0.1) is 0 Å². The summed E-state index contributed by atoms with van der Waals surface area (Å²) >= 11 is 0. The van der Waals surface area contributed by atoms with Crippen LogP contribution in [0.5, 0.6) is 5.75 Å². The number of H-pyrrole nitrogens is 1. The summed E-state index contributed by atoms with van der Waals surface area (Å²) < 4.78 is 5.59. The Labute approximate surface area is 152 Å². The summed E-state index contributed by atoms with van der Waals surface area (Å²) in [6, 6.07) is 17.0. The van der Waals surface area contributed by atoms with E-state index >= 15 is 0 Å². The number of amides is 1. The molecule has 0 unspecified atom stereocenters. The summed E-state index contributed by atoms with van der Waals surface area (Å²) in [6.45, 7) is 4.06. The molecule has 5 heteroatoms. The summed E-state index contributed by atoms with van der Waals surface area (Å²) in [4.78, 5) is 27.3. The Morgan fingerprint density at radius 2 is 1.92 bits per heavy atom. The molecule has 0 fully saturated rings. The topological polar surface area (TPSA) is 71.2 Å². The molecule has 5 nitrogen and oxygen atoms in total. The van der Waals surface area contributed by atoms with E-state index < -0.39 is 6.10 Å². The van der Waals surface area contributed by atoms with Crippen LogP contribution in [0.3, 0.4) is 0 Å². The first-order valence-electron chi connectivity index (χ1n) is 8.65. The van der Waals surface area contributed by atoms with E-state index in [9.17, 15) is 9.59 Å². The lowest BCUT2D eigenvalue weighted by molar-refractivity contribution is -0.127. The molecule has 0 aliphatic rings. The number of rotatable bonds is 6. The van der Waals surface area contributed by atoms with Crippen molar-refractivity contribution in [2.24, 2.45) is 0 Å². The molecule has 1 heterocycles. The maximum atomic E-state index is 12.2. The van der Waals surface area contributed by atoms with Gasteiger partial charge in [-0.3, -0.25) is 9.59 Å². The van der Waals surface area contributed by atoms with Gasteiger partial charge in [0, 0.05) is 17.6 Å². The minimum atomic E-state index is -0.602. The second kappa shape index (κ2) is 7.87. The van der Waals surface area contributed by atoms with Crippen LogP contribution in [0.4, 0.5) is 0 Å². The highest BCUT2D eigenvalue weighted by molar-refractivity contribution is 5.81. The second-order valence-corrected chi connectivity index (χ2v) is 6.33. The molecule has 0 radical (unpaired) electrons. The van der Waals surface area contributed by atoms with Crippen LogP contribution in [0.2, 0.25) is 0 Å². The van der Waals surface area contributed by atoms with Crippen molar-refractivity contribution in [2.75, 3.05) is 6.54 Å². The van der Waals surface area contributed by atoms with Crippen LogP contribution in [0.25, 0.3) is 10.9 Å². The summed E-state index contributed by atoms with van der Waals surface area (Å²) in [6.07, 6.45) is -0.140. The molecule has 134 valence electrons. The summed E-state index contributed by atoms with van der Waals surface area (Å²) in [5, 5.41) is 3.80. The molecular formula is C21H22N2O3. The lowest BCUT2D eigenvalue weighted by Crippen LogP contribution is -2.37. The van der Waals surface area contributed by atoms with Gasteiger partial charge in [0.05, 0.1) is 0 Å². The quantitative estimate of drug-likeness (QED) is 0.718. The zero-order valence-corrected chi connectivity index (χ0v) is 14.9. The third kappa shape index (κ3) is 4.30. The number of nitrogens with one attached hydrogen (secondary N) is 2. The van der Waals surface area contributed by atoms with Gasteiger partial charge in [-0.2, -0.15) is 0 Å². The molecule has 2 aromatic carbocycles. The van der Waals surface area contributed by atoms with Gasteiger partial charge in [0.2, 0.25) is 0 Å². The van der Waals surface area contributed by atoms with E-state index in [4.69, 9.17) is 4.74 Å². The van der Waals surface area contributed by atoms with Crippen LogP contribution >= 0.6 is 0 Å². The minimum absolute atomic E-state index is 0.120. The first-order valence-corrected chi connectivity index (χ1v) is 8.65. The predicted molar refractivity (Wildman–Crippen MR) is 103 cm³/mol. The monoisotopic (exact) mass is 350 g/mol. The van der Waals surface area contributed by atoms with Gasteiger partial charge in [0.15, 0.2) is 6.10 Å². The van der Waals surface area contributed by atoms with Crippen LogP contribution in [-0.2, 0) is 11.2 Å². The van der Waals surface area contributed by atoms with E-state index in [-0.39, 0.29) is 11.5 Å². The first kappa shape index (κ1) is 17.7. The Kier molecular flexibility index (Phi) is 5.37. The standard InChI is InChI=1S/C21H22N2O3/c1-14-8-9-16-13-17(21(25)23-19(16)12-14)10-11-22-20(24)15(2)26-18-6-4-3-5-7-18/h3-9,12-13,15H,10-11H2,1-2H3,(H,22,24)(H,23,25)/t15-/m1/s1. The number of carbonyl (C=O) groups is 1.